The molecule has 0 radical (unpaired) electrons. The van der Waals surface area contributed by atoms with Crippen molar-refractivity contribution in [2.24, 2.45) is 5.73 Å². The highest BCUT2D eigenvalue weighted by Gasteiger charge is 2.20. The molecule has 3 heterocycles. The zero-order valence-corrected chi connectivity index (χ0v) is 13.8. The van der Waals surface area contributed by atoms with E-state index in [1.54, 1.807) is 12.1 Å². The maximum atomic E-state index is 11.4. The highest BCUT2D eigenvalue weighted by atomic mass is 35.5. The van der Waals surface area contributed by atoms with Crippen LogP contribution in [0.2, 0.25) is 5.02 Å². The van der Waals surface area contributed by atoms with Crippen molar-refractivity contribution in [2.75, 3.05) is 5.73 Å². The van der Waals surface area contributed by atoms with E-state index in [-0.39, 0.29) is 11.5 Å². The number of pyridine rings is 1. The van der Waals surface area contributed by atoms with Crippen LogP contribution in [0.3, 0.4) is 0 Å². The first kappa shape index (κ1) is 15.3. The quantitative estimate of drug-likeness (QED) is 0.567. The Morgan fingerprint density at radius 1 is 1.20 bits per heavy atom. The highest BCUT2D eigenvalue weighted by molar-refractivity contribution is 6.30. The third-order valence-electron chi connectivity index (χ3n) is 3.85. The monoisotopic (exact) mass is 353 g/mol. The lowest BCUT2D eigenvalue weighted by molar-refractivity contribution is 0.0995. The molecule has 1 amide bonds. The molecule has 3 aromatic heterocycles. The molecular weight excluding hydrogens is 342 g/mol. The van der Waals surface area contributed by atoms with E-state index in [0.29, 0.717) is 21.7 Å². The number of aromatic nitrogens is 5. The summed E-state index contributed by atoms with van der Waals surface area (Å²) in [7, 11) is 0. The van der Waals surface area contributed by atoms with Gasteiger partial charge in [-0.05, 0) is 36.2 Å². The molecule has 0 atom stereocenters. The van der Waals surface area contributed by atoms with Crippen LogP contribution in [0.1, 0.15) is 16.2 Å². The van der Waals surface area contributed by atoms with Crippen molar-refractivity contribution in [1.29, 1.82) is 0 Å². The standard InChI is InChI=1S/C16H12ClN7O/c1-7-6-10(8-2-4-9(17)5-3-8)11-15(20-7)23-24-13(18)12(14(19)25)21-22-16(11)24/h2-6H,18H2,1H3,(H2,19,25). The van der Waals surface area contributed by atoms with Crippen LogP contribution in [-0.4, -0.2) is 30.7 Å². The number of amides is 1. The number of halogens is 1. The van der Waals surface area contributed by atoms with Crippen molar-refractivity contribution in [3.05, 3.63) is 46.7 Å². The second kappa shape index (κ2) is 5.38. The van der Waals surface area contributed by atoms with Crippen LogP contribution in [0.25, 0.3) is 27.8 Å². The van der Waals surface area contributed by atoms with Crippen LogP contribution in [0.4, 0.5) is 5.82 Å². The largest absolute Gasteiger partial charge is 0.382 e. The van der Waals surface area contributed by atoms with E-state index in [4.69, 9.17) is 23.1 Å². The Kier molecular flexibility index (Phi) is 3.29. The van der Waals surface area contributed by atoms with Gasteiger partial charge in [-0.25, -0.2) is 4.98 Å². The summed E-state index contributed by atoms with van der Waals surface area (Å²) in [5.41, 5.74) is 14.5. The van der Waals surface area contributed by atoms with Crippen LogP contribution >= 0.6 is 11.6 Å². The van der Waals surface area contributed by atoms with Gasteiger partial charge in [-0.15, -0.1) is 15.3 Å². The molecule has 0 bridgehead atoms. The summed E-state index contributed by atoms with van der Waals surface area (Å²) >= 11 is 5.98. The maximum Gasteiger partial charge on any atom is 0.273 e. The average molecular weight is 354 g/mol. The Balaban J connectivity index is 2.12. The first-order valence-corrected chi connectivity index (χ1v) is 7.71. The molecule has 9 heteroatoms. The van der Waals surface area contributed by atoms with Crippen molar-refractivity contribution >= 4 is 40.0 Å². The number of carbonyl (C=O) groups is 1. The molecule has 4 N–H and O–H groups in total. The average Bonchev–Trinajstić information content (AvgIpc) is 2.94. The number of nitrogens with two attached hydrogens (primary N) is 2. The van der Waals surface area contributed by atoms with Crippen LogP contribution in [0.5, 0.6) is 0 Å². The Morgan fingerprint density at radius 3 is 2.60 bits per heavy atom. The summed E-state index contributed by atoms with van der Waals surface area (Å²) in [4.78, 5) is 15.9. The lowest BCUT2D eigenvalue weighted by Gasteiger charge is -2.05. The fourth-order valence-electron chi connectivity index (χ4n) is 2.74. The first-order valence-electron chi connectivity index (χ1n) is 7.33. The number of aryl methyl sites for hydroxylation is 1. The maximum absolute atomic E-state index is 11.4. The molecule has 0 spiro atoms. The van der Waals surface area contributed by atoms with Gasteiger partial charge in [-0.3, -0.25) is 4.79 Å². The van der Waals surface area contributed by atoms with Crippen LogP contribution in [0.15, 0.2) is 30.3 Å². The SMILES string of the molecule is Cc1cc(-c2ccc(Cl)cc2)c2c(n1)nn1c(N)c(C(N)=O)nnc21. The minimum absolute atomic E-state index is 0.0233. The molecule has 124 valence electrons. The predicted molar refractivity (Wildman–Crippen MR) is 94.2 cm³/mol. The number of nitrogen functional groups attached to an aromatic ring is 1. The minimum Gasteiger partial charge on any atom is -0.382 e. The van der Waals surface area contributed by atoms with Gasteiger partial charge in [0, 0.05) is 10.7 Å². The molecule has 1 aromatic carbocycles. The number of primary amides is 1. The zero-order chi connectivity index (χ0) is 17.7. The normalized spacial score (nSPS) is 11.3. The number of hydrogen-bond donors (Lipinski definition) is 2. The molecule has 0 aliphatic carbocycles. The molecule has 0 saturated carbocycles. The lowest BCUT2D eigenvalue weighted by Crippen LogP contribution is -2.19. The molecule has 4 aromatic rings. The summed E-state index contributed by atoms with van der Waals surface area (Å²) in [5, 5.41) is 13.6. The molecule has 0 aliphatic heterocycles. The number of hydrogen-bond acceptors (Lipinski definition) is 6. The van der Waals surface area contributed by atoms with Gasteiger partial charge in [-0.2, -0.15) is 4.52 Å². The van der Waals surface area contributed by atoms with E-state index < -0.39 is 5.91 Å². The predicted octanol–water partition coefficient (Wildman–Crippen LogP) is 1.98. The summed E-state index contributed by atoms with van der Waals surface area (Å²) in [6, 6.07) is 9.32. The Hall–Kier alpha value is -3.26. The van der Waals surface area contributed by atoms with Gasteiger partial charge in [0.1, 0.15) is 0 Å². The summed E-state index contributed by atoms with van der Waals surface area (Å²) in [6.07, 6.45) is 0. The van der Waals surface area contributed by atoms with E-state index >= 15 is 0 Å². The molecule has 0 unspecified atom stereocenters. The van der Waals surface area contributed by atoms with Crippen LogP contribution < -0.4 is 11.5 Å². The van der Waals surface area contributed by atoms with Gasteiger partial charge < -0.3 is 11.5 Å². The van der Waals surface area contributed by atoms with Gasteiger partial charge in [0.25, 0.3) is 5.91 Å². The number of nitrogens with zero attached hydrogens (tertiary/aromatic N) is 5. The van der Waals surface area contributed by atoms with Crippen molar-refractivity contribution in [2.45, 2.75) is 6.92 Å². The van der Waals surface area contributed by atoms with Gasteiger partial charge >= 0.3 is 0 Å². The van der Waals surface area contributed by atoms with Crippen molar-refractivity contribution < 1.29 is 4.79 Å². The van der Waals surface area contributed by atoms with Gasteiger partial charge in [0.15, 0.2) is 22.8 Å². The zero-order valence-electron chi connectivity index (χ0n) is 13.1. The number of anilines is 1. The number of carbonyl (C=O) groups excluding carboxylic acids is 1. The fourth-order valence-corrected chi connectivity index (χ4v) is 2.87. The summed E-state index contributed by atoms with van der Waals surface area (Å²) in [5.74, 6) is -0.747. The molecule has 25 heavy (non-hydrogen) atoms. The van der Waals surface area contributed by atoms with Crippen molar-refractivity contribution in [3.63, 3.8) is 0 Å². The van der Waals surface area contributed by atoms with Crippen LogP contribution in [-0.2, 0) is 0 Å². The summed E-state index contributed by atoms with van der Waals surface area (Å²) in [6.45, 7) is 1.87. The second-order valence-corrected chi connectivity index (χ2v) is 5.99. The van der Waals surface area contributed by atoms with E-state index in [9.17, 15) is 4.79 Å². The van der Waals surface area contributed by atoms with Crippen molar-refractivity contribution in [1.82, 2.24) is 24.8 Å². The first-order chi connectivity index (χ1) is 12.0. The second-order valence-electron chi connectivity index (χ2n) is 5.55. The fraction of sp³-hybridized carbons (Fsp3) is 0.0625. The number of benzene rings is 1. The van der Waals surface area contributed by atoms with E-state index in [1.807, 2.05) is 25.1 Å². The lowest BCUT2D eigenvalue weighted by atomic mass is 10.0. The Bertz CT molecular complexity index is 1150. The Morgan fingerprint density at radius 2 is 1.92 bits per heavy atom. The molecule has 4 rings (SSSR count). The van der Waals surface area contributed by atoms with E-state index in [0.717, 1.165) is 16.8 Å². The van der Waals surface area contributed by atoms with E-state index in [2.05, 4.69) is 20.3 Å². The molecule has 0 saturated heterocycles. The topological polar surface area (TPSA) is 125 Å². The van der Waals surface area contributed by atoms with Gasteiger partial charge in [0.05, 0.1) is 5.39 Å². The molecule has 0 aliphatic rings. The van der Waals surface area contributed by atoms with Crippen LogP contribution in [0, 0.1) is 6.92 Å². The highest BCUT2D eigenvalue weighted by Crippen LogP contribution is 2.32. The van der Waals surface area contributed by atoms with Crippen molar-refractivity contribution in [3.8, 4) is 11.1 Å². The Labute approximate surface area is 146 Å². The third-order valence-corrected chi connectivity index (χ3v) is 4.10. The summed E-state index contributed by atoms with van der Waals surface area (Å²) < 4.78 is 1.34. The molecular formula is C16H12ClN7O. The minimum atomic E-state index is -0.770. The third kappa shape index (κ3) is 2.34. The smallest absolute Gasteiger partial charge is 0.273 e. The van der Waals surface area contributed by atoms with E-state index in [1.165, 1.54) is 4.52 Å². The molecule has 8 nitrogen and oxygen atoms in total. The molecule has 0 fully saturated rings. The van der Waals surface area contributed by atoms with Gasteiger partial charge in [0.2, 0.25) is 0 Å². The van der Waals surface area contributed by atoms with Gasteiger partial charge in [-0.1, -0.05) is 23.7 Å². The number of fused-ring (bicyclic) bond motifs is 3. The number of rotatable bonds is 2.